The third-order valence-electron chi connectivity index (χ3n) is 1.41. The van der Waals surface area contributed by atoms with Crippen LogP contribution < -0.4 is 0 Å². The van der Waals surface area contributed by atoms with E-state index in [0.717, 1.165) is 5.57 Å². The van der Waals surface area contributed by atoms with Crippen molar-refractivity contribution in [3.05, 3.63) is 22.8 Å². The lowest BCUT2D eigenvalue weighted by atomic mass is 10.1. The maximum atomic E-state index is 12.9. The van der Waals surface area contributed by atoms with Gasteiger partial charge in [0.15, 0.2) is 0 Å². The largest absolute Gasteiger partial charge is 0.242 e. The van der Waals surface area contributed by atoms with Crippen LogP contribution in [0.1, 0.15) is 6.42 Å². The van der Waals surface area contributed by atoms with Gasteiger partial charge in [-0.25, -0.2) is 4.39 Å². The minimum atomic E-state index is -0.892. The summed E-state index contributed by atoms with van der Waals surface area (Å²) in [6, 6.07) is 0. The standard InChI is InChI=1S/C7H7BrClF/c8-4-5-1-2-6(9)3-7(5)10/h1-2,7H,3-4H2. The second kappa shape index (κ2) is 3.54. The zero-order chi connectivity index (χ0) is 7.56. The van der Waals surface area contributed by atoms with E-state index in [-0.39, 0.29) is 0 Å². The molecule has 0 fully saturated rings. The predicted molar refractivity (Wildman–Crippen MR) is 45.3 cm³/mol. The van der Waals surface area contributed by atoms with Crippen LogP contribution in [-0.2, 0) is 0 Å². The summed E-state index contributed by atoms with van der Waals surface area (Å²) in [6.45, 7) is 0. The fourth-order valence-corrected chi connectivity index (χ4v) is 1.54. The molecule has 10 heavy (non-hydrogen) atoms. The summed E-state index contributed by atoms with van der Waals surface area (Å²) in [7, 11) is 0. The highest BCUT2D eigenvalue weighted by molar-refractivity contribution is 9.09. The molecule has 0 spiro atoms. The Hall–Kier alpha value is 0.180. The van der Waals surface area contributed by atoms with E-state index in [4.69, 9.17) is 11.6 Å². The van der Waals surface area contributed by atoms with E-state index in [1.165, 1.54) is 0 Å². The Kier molecular flexibility index (Phi) is 2.93. The van der Waals surface area contributed by atoms with Crippen LogP contribution in [0.4, 0.5) is 4.39 Å². The van der Waals surface area contributed by atoms with Crippen LogP contribution in [0, 0.1) is 0 Å². The third-order valence-corrected chi connectivity index (χ3v) is 2.34. The Balaban J connectivity index is 2.71. The lowest BCUT2D eigenvalue weighted by molar-refractivity contribution is 0.381. The number of hydrogen-bond acceptors (Lipinski definition) is 0. The summed E-state index contributed by atoms with van der Waals surface area (Å²) < 4.78 is 12.9. The molecule has 3 heteroatoms. The summed E-state index contributed by atoms with van der Waals surface area (Å²) in [4.78, 5) is 0. The summed E-state index contributed by atoms with van der Waals surface area (Å²) in [5.41, 5.74) is 0.768. The maximum absolute atomic E-state index is 12.9. The number of rotatable bonds is 1. The van der Waals surface area contributed by atoms with Gasteiger partial charge in [-0.05, 0) is 11.6 Å². The molecule has 1 atom stereocenters. The molecule has 0 aromatic rings. The Bertz CT molecular complexity index is 186. The predicted octanol–water partition coefficient (Wildman–Crippen LogP) is 3.17. The van der Waals surface area contributed by atoms with E-state index in [1.54, 1.807) is 12.2 Å². The molecule has 0 heterocycles. The zero-order valence-electron chi connectivity index (χ0n) is 5.28. The van der Waals surface area contributed by atoms with E-state index in [0.29, 0.717) is 16.8 Å². The van der Waals surface area contributed by atoms with Gasteiger partial charge in [-0.2, -0.15) is 0 Å². The highest BCUT2D eigenvalue weighted by atomic mass is 79.9. The molecule has 0 nitrogen and oxygen atoms in total. The van der Waals surface area contributed by atoms with E-state index in [2.05, 4.69) is 15.9 Å². The van der Waals surface area contributed by atoms with Crippen molar-refractivity contribution in [1.82, 2.24) is 0 Å². The average Bonchev–Trinajstić information content (AvgIpc) is 1.88. The first-order chi connectivity index (χ1) is 4.74. The molecular weight excluding hydrogens is 218 g/mol. The number of halogens is 3. The molecule has 0 bridgehead atoms. The number of alkyl halides is 2. The second-order valence-corrected chi connectivity index (χ2v) is 3.21. The molecule has 56 valence electrons. The zero-order valence-corrected chi connectivity index (χ0v) is 7.62. The van der Waals surface area contributed by atoms with Gasteiger partial charge in [0, 0.05) is 16.8 Å². The Morgan fingerprint density at radius 3 is 2.90 bits per heavy atom. The third kappa shape index (κ3) is 1.83. The van der Waals surface area contributed by atoms with Gasteiger partial charge in [0.2, 0.25) is 0 Å². The van der Waals surface area contributed by atoms with Crippen molar-refractivity contribution in [1.29, 1.82) is 0 Å². The molecule has 0 N–H and O–H groups in total. The SMILES string of the molecule is FC1CC(Cl)=CC=C1CBr. The van der Waals surface area contributed by atoms with Gasteiger partial charge in [-0.3, -0.25) is 0 Å². The fourth-order valence-electron chi connectivity index (χ4n) is 0.800. The van der Waals surface area contributed by atoms with Crippen molar-refractivity contribution in [3.8, 4) is 0 Å². The molecule has 0 radical (unpaired) electrons. The normalized spacial score (nSPS) is 25.7. The molecule has 0 amide bonds. The van der Waals surface area contributed by atoms with E-state index in [1.807, 2.05) is 0 Å². The van der Waals surface area contributed by atoms with Gasteiger partial charge in [-0.15, -0.1) is 0 Å². The van der Waals surface area contributed by atoms with Gasteiger partial charge in [-0.1, -0.05) is 33.6 Å². The van der Waals surface area contributed by atoms with Crippen LogP contribution in [0.5, 0.6) is 0 Å². The Morgan fingerprint density at radius 1 is 1.70 bits per heavy atom. The molecule has 0 aromatic heterocycles. The Morgan fingerprint density at radius 2 is 2.40 bits per heavy atom. The fraction of sp³-hybridized carbons (Fsp3) is 0.429. The molecule has 1 aliphatic carbocycles. The monoisotopic (exact) mass is 224 g/mol. The highest BCUT2D eigenvalue weighted by Crippen LogP contribution is 2.24. The summed E-state index contributed by atoms with van der Waals surface area (Å²) in [6.07, 6.45) is 2.91. The van der Waals surface area contributed by atoms with Gasteiger partial charge in [0.25, 0.3) is 0 Å². The van der Waals surface area contributed by atoms with Crippen molar-refractivity contribution in [2.75, 3.05) is 5.33 Å². The summed E-state index contributed by atoms with van der Waals surface area (Å²) in [5, 5.41) is 1.19. The quantitative estimate of drug-likeness (QED) is 0.601. The maximum Gasteiger partial charge on any atom is 0.127 e. The van der Waals surface area contributed by atoms with Gasteiger partial charge >= 0.3 is 0 Å². The molecule has 0 saturated heterocycles. The van der Waals surface area contributed by atoms with Crippen molar-refractivity contribution in [2.45, 2.75) is 12.6 Å². The molecule has 1 unspecified atom stereocenters. The first-order valence-corrected chi connectivity index (χ1v) is 4.49. The summed E-state index contributed by atoms with van der Waals surface area (Å²) in [5.74, 6) is 0. The number of allylic oxidation sites excluding steroid dienone is 4. The van der Waals surface area contributed by atoms with Gasteiger partial charge in [0.1, 0.15) is 6.17 Å². The van der Waals surface area contributed by atoms with Crippen molar-refractivity contribution >= 4 is 27.5 Å². The molecule has 0 aromatic carbocycles. The van der Waals surface area contributed by atoms with Crippen LogP contribution in [0.25, 0.3) is 0 Å². The van der Waals surface area contributed by atoms with E-state index >= 15 is 0 Å². The van der Waals surface area contributed by atoms with E-state index in [9.17, 15) is 4.39 Å². The first-order valence-electron chi connectivity index (χ1n) is 2.99. The van der Waals surface area contributed by atoms with Crippen LogP contribution in [-0.4, -0.2) is 11.5 Å². The smallest absolute Gasteiger partial charge is 0.127 e. The Labute approximate surface area is 72.9 Å². The second-order valence-electron chi connectivity index (χ2n) is 2.16. The lowest BCUT2D eigenvalue weighted by Gasteiger charge is -2.12. The van der Waals surface area contributed by atoms with Crippen LogP contribution in [0.2, 0.25) is 0 Å². The molecule has 0 aliphatic heterocycles. The first kappa shape index (κ1) is 8.28. The van der Waals surface area contributed by atoms with Crippen molar-refractivity contribution < 1.29 is 4.39 Å². The van der Waals surface area contributed by atoms with Crippen LogP contribution >= 0.6 is 27.5 Å². The topological polar surface area (TPSA) is 0 Å². The van der Waals surface area contributed by atoms with Gasteiger partial charge in [0.05, 0.1) is 0 Å². The number of hydrogen-bond donors (Lipinski definition) is 0. The minimum Gasteiger partial charge on any atom is -0.242 e. The van der Waals surface area contributed by atoms with E-state index < -0.39 is 6.17 Å². The molecule has 0 saturated carbocycles. The van der Waals surface area contributed by atoms with Crippen molar-refractivity contribution in [3.63, 3.8) is 0 Å². The van der Waals surface area contributed by atoms with Crippen LogP contribution in [0.3, 0.4) is 0 Å². The summed E-state index contributed by atoms with van der Waals surface area (Å²) >= 11 is 8.79. The van der Waals surface area contributed by atoms with Gasteiger partial charge < -0.3 is 0 Å². The molecule has 1 rings (SSSR count). The lowest BCUT2D eigenvalue weighted by Crippen LogP contribution is -2.08. The molecular formula is C7H7BrClF. The van der Waals surface area contributed by atoms with Crippen molar-refractivity contribution in [2.24, 2.45) is 0 Å². The molecule has 1 aliphatic rings. The average molecular weight is 225 g/mol. The minimum absolute atomic E-state index is 0.332. The highest BCUT2D eigenvalue weighted by Gasteiger charge is 2.15. The van der Waals surface area contributed by atoms with Crippen LogP contribution in [0.15, 0.2) is 22.8 Å².